The number of benzene rings is 1. The first-order chi connectivity index (χ1) is 22.2. The van der Waals surface area contributed by atoms with E-state index in [9.17, 15) is 42.4 Å². The van der Waals surface area contributed by atoms with Gasteiger partial charge in [-0.15, -0.1) is 16.9 Å². The van der Waals surface area contributed by atoms with Crippen LogP contribution in [0.3, 0.4) is 0 Å². The average Bonchev–Trinajstić information content (AvgIpc) is 3.61. The fourth-order valence-electron chi connectivity index (χ4n) is 6.46. The molecule has 2 aromatic heterocycles. The van der Waals surface area contributed by atoms with E-state index >= 15 is 0 Å². The number of hydrogen-bond acceptors (Lipinski definition) is 10. The van der Waals surface area contributed by atoms with Gasteiger partial charge in [-0.2, -0.15) is 0 Å². The summed E-state index contributed by atoms with van der Waals surface area (Å²) in [6, 6.07) is 0.121. The molecule has 10 nitrogen and oxygen atoms in total. The van der Waals surface area contributed by atoms with Crippen LogP contribution < -0.4 is 0 Å². The van der Waals surface area contributed by atoms with Crippen molar-refractivity contribution in [3.63, 3.8) is 0 Å². The van der Waals surface area contributed by atoms with Crippen molar-refractivity contribution in [3.8, 4) is 11.3 Å². The Morgan fingerprint density at radius 2 is 1.70 bits per heavy atom. The lowest BCUT2D eigenvalue weighted by atomic mass is 9.78. The van der Waals surface area contributed by atoms with Crippen LogP contribution in [0.25, 0.3) is 11.3 Å². The molecule has 0 radical (unpaired) electrons. The number of aliphatic hydroxyl groups excluding tert-OH is 3. The molecule has 16 heteroatoms. The fourth-order valence-corrected chi connectivity index (χ4v) is 8.06. The van der Waals surface area contributed by atoms with Crippen LogP contribution in [0.15, 0.2) is 22.9 Å². The number of halogens is 5. The van der Waals surface area contributed by atoms with Crippen molar-refractivity contribution in [3.05, 3.63) is 52.8 Å². The van der Waals surface area contributed by atoms with E-state index in [2.05, 4.69) is 15.5 Å². The third kappa shape index (κ3) is 6.81. The second kappa shape index (κ2) is 13.0. The summed E-state index contributed by atoms with van der Waals surface area (Å²) in [5.74, 6) is -6.48. The highest BCUT2D eigenvalue weighted by atomic mass is 32.2. The van der Waals surface area contributed by atoms with Crippen LogP contribution in [0, 0.1) is 23.4 Å². The van der Waals surface area contributed by atoms with Gasteiger partial charge in [-0.1, -0.05) is 24.2 Å². The van der Waals surface area contributed by atoms with E-state index < -0.39 is 83.5 Å². The van der Waals surface area contributed by atoms with Crippen molar-refractivity contribution >= 4 is 11.8 Å². The molecule has 3 aromatic rings. The first-order valence-corrected chi connectivity index (χ1v) is 16.6. The highest BCUT2D eigenvalue weighted by molar-refractivity contribution is 8.00. The second-order valence-electron chi connectivity index (χ2n) is 13.3. The Morgan fingerprint density at radius 3 is 2.30 bits per heavy atom. The molecule has 2 aliphatic carbocycles. The van der Waals surface area contributed by atoms with Crippen molar-refractivity contribution in [2.75, 3.05) is 6.61 Å². The maximum absolute atomic E-state index is 14.3. The summed E-state index contributed by atoms with van der Waals surface area (Å²) in [4.78, 5) is 0. The summed E-state index contributed by atoms with van der Waals surface area (Å²) in [6.07, 6.45) is -2.50. The van der Waals surface area contributed by atoms with Gasteiger partial charge in [0, 0.05) is 29.9 Å². The Labute approximate surface area is 271 Å². The summed E-state index contributed by atoms with van der Waals surface area (Å²) in [6.45, 7) is 3.34. The van der Waals surface area contributed by atoms with Gasteiger partial charge in [0.2, 0.25) is 5.92 Å². The molecule has 1 aromatic carbocycles. The molecule has 3 heterocycles. The zero-order chi connectivity index (χ0) is 33.8. The Balaban J connectivity index is 1.35. The Bertz CT molecular complexity index is 1550. The van der Waals surface area contributed by atoms with Crippen LogP contribution >= 0.6 is 11.8 Å². The molecule has 3 fully saturated rings. The minimum atomic E-state index is -2.95. The molecular weight excluding hydrogens is 651 g/mol. The Hall–Kier alpha value is -2.63. The molecule has 2 saturated carbocycles. The number of aliphatic hydroxyl groups is 4. The first kappa shape index (κ1) is 34.2. The maximum Gasteiger partial charge on any atom is 0.248 e. The molecule has 4 N–H and O–H groups in total. The predicted molar refractivity (Wildman–Crippen MR) is 158 cm³/mol. The van der Waals surface area contributed by atoms with Gasteiger partial charge < -0.3 is 29.7 Å². The standard InChI is InChI=1S/C31H37F5N4O6S/c1-14(2)9-17-23(38-46-27(17)15-3-4-15)28(30(44)5-7-31(35,36)8-6-30)47-29-26(43)24(25(42)21(13-41)45-29)40-12-20(37-39-40)16-10-18(32)22(34)19(33)11-16/h10-12,14-15,21,24-26,28-29,41-44H,3-9,13H2,1-2H3/t21-,24+,25+,26-,28+,29+/m1/s1. The van der Waals surface area contributed by atoms with E-state index in [1.165, 1.54) is 6.20 Å². The van der Waals surface area contributed by atoms with Crippen LogP contribution in [-0.2, 0) is 11.2 Å². The van der Waals surface area contributed by atoms with Gasteiger partial charge in [0.15, 0.2) is 17.5 Å². The highest BCUT2D eigenvalue weighted by Crippen LogP contribution is 2.54. The monoisotopic (exact) mass is 688 g/mol. The van der Waals surface area contributed by atoms with E-state index in [-0.39, 0.29) is 35.9 Å². The minimum absolute atomic E-state index is 0.0951. The summed E-state index contributed by atoms with van der Waals surface area (Å²) in [5, 5.41) is 56.1. The van der Waals surface area contributed by atoms with Gasteiger partial charge in [-0.05, 0) is 50.2 Å². The molecule has 1 aliphatic heterocycles. The Kier molecular flexibility index (Phi) is 9.48. The molecule has 0 amide bonds. The van der Waals surface area contributed by atoms with Crippen molar-refractivity contribution in [2.45, 2.75) is 111 Å². The number of aromatic nitrogens is 4. The first-order valence-electron chi connectivity index (χ1n) is 15.6. The largest absolute Gasteiger partial charge is 0.394 e. The summed E-state index contributed by atoms with van der Waals surface area (Å²) < 4.78 is 82.9. The average molecular weight is 689 g/mol. The number of thioether (sulfide) groups is 1. The topological polar surface area (TPSA) is 147 Å². The van der Waals surface area contributed by atoms with Crippen molar-refractivity contribution in [1.29, 1.82) is 0 Å². The SMILES string of the molecule is CC(C)Cc1c([C@H](S[C@@H]2O[C@H](CO)[C@H](O)[C@H](n3cc(-c4cc(F)c(F)c(F)c4)nn3)[C@H]2O)C2(O)CCC(F)(F)CC2)noc1C1CC1. The van der Waals surface area contributed by atoms with Crippen LogP contribution in [0.2, 0.25) is 0 Å². The smallest absolute Gasteiger partial charge is 0.248 e. The van der Waals surface area contributed by atoms with E-state index in [0.717, 1.165) is 47.0 Å². The van der Waals surface area contributed by atoms with Gasteiger partial charge in [-0.3, -0.25) is 0 Å². The number of ether oxygens (including phenoxy) is 1. The molecule has 0 bridgehead atoms. The predicted octanol–water partition coefficient (Wildman–Crippen LogP) is 4.82. The molecule has 0 spiro atoms. The normalized spacial score (nSPS) is 28.1. The van der Waals surface area contributed by atoms with Gasteiger partial charge in [0.05, 0.1) is 23.7 Å². The van der Waals surface area contributed by atoms with Gasteiger partial charge in [0.1, 0.15) is 46.9 Å². The number of rotatable bonds is 10. The molecule has 6 atom stereocenters. The lowest BCUT2D eigenvalue weighted by Gasteiger charge is -2.46. The van der Waals surface area contributed by atoms with E-state index in [1.807, 2.05) is 13.8 Å². The summed E-state index contributed by atoms with van der Waals surface area (Å²) in [5.41, 5.74) is -2.05. The van der Waals surface area contributed by atoms with Crippen LogP contribution in [0.4, 0.5) is 22.0 Å². The third-order valence-corrected chi connectivity index (χ3v) is 10.8. The molecule has 6 rings (SSSR count). The van der Waals surface area contributed by atoms with Gasteiger partial charge in [0.25, 0.3) is 0 Å². The van der Waals surface area contributed by atoms with E-state index in [1.54, 1.807) is 0 Å². The third-order valence-electron chi connectivity index (χ3n) is 9.21. The lowest BCUT2D eigenvalue weighted by Crippen LogP contribution is -2.55. The highest BCUT2D eigenvalue weighted by Gasteiger charge is 2.53. The maximum atomic E-state index is 14.3. The summed E-state index contributed by atoms with van der Waals surface area (Å²) in [7, 11) is 0. The van der Waals surface area contributed by atoms with Crippen molar-refractivity contribution in [1.82, 2.24) is 20.2 Å². The van der Waals surface area contributed by atoms with Crippen LogP contribution in [0.1, 0.15) is 86.6 Å². The molecule has 3 aliphatic rings. The van der Waals surface area contributed by atoms with E-state index in [0.29, 0.717) is 17.9 Å². The summed E-state index contributed by atoms with van der Waals surface area (Å²) >= 11 is 0.933. The van der Waals surface area contributed by atoms with Crippen LogP contribution in [-0.4, -0.2) is 82.5 Å². The van der Waals surface area contributed by atoms with Gasteiger partial charge in [-0.25, -0.2) is 26.6 Å². The fraction of sp³-hybridized carbons (Fsp3) is 0.645. The van der Waals surface area contributed by atoms with Crippen molar-refractivity contribution < 1.29 is 51.6 Å². The van der Waals surface area contributed by atoms with Crippen LogP contribution in [0.5, 0.6) is 0 Å². The van der Waals surface area contributed by atoms with E-state index in [4.69, 9.17) is 9.26 Å². The number of alkyl halides is 2. The minimum Gasteiger partial charge on any atom is -0.394 e. The molecule has 258 valence electrons. The molecule has 0 unspecified atom stereocenters. The Morgan fingerprint density at radius 1 is 1.04 bits per heavy atom. The molecule has 1 saturated heterocycles. The quantitative estimate of drug-likeness (QED) is 0.173. The molecule has 47 heavy (non-hydrogen) atoms. The van der Waals surface area contributed by atoms with Gasteiger partial charge >= 0.3 is 0 Å². The molecular formula is C31H37F5N4O6S. The second-order valence-corrected chi connectivity index (χ2v) is 14.5. The van der Waals surface area contributed by atoms with Crippen molar-refractivity contribution in [2.24, 2.45) is 5.92 Å². The zero-order valence-corrected chi connectivity index (χ0v) is 26.5. The zero-order valence-electron chi connectivity index (χ0n) is 25.7. The lowest BCUT2D eigenvalue weighted by molar-refractivity contribution is -0.179. The number of hydrogen-bond donors (Lipinski definition) is 4. The number of nitrogens with zero attached hydrogens (tertiary/aromatic N) is 4.